The number of nitrogens with one attached hydrogen (secondary N) is 1. The van der Waals surface area contributed by atoms with E-state index in [0.717, 1.165) is 28.6 Å². The molecule has 0 radical (unpaired) electrons. The molecule has 0 spiro atoms. The summed E-state index contributed by atoms with van der Waals surface area (Å²) in [6.45, 7) is 4.38. The number of amides is 1. The summed E-state index contributed by atoms with van der Waals surface area (Å²) in [4.78, 5) is 27.9. The van der Waals surface area contributed by atoms with Gasteiger partial charge in [0.2, 0.25) is 16.9 Å². The highest BCUT2D eigenvalue weighted by Gasteiger charge is 2.18. The lowest BCUT2D eigenvalue weighted by Crippen LogP contribution is -2.34. The molecule has 1 aromatic heterocycles. The van der Waals surface area contributed by atoms with E-state index in [1.54, 1.807) is 0 Å². The Morgan fingerprint density at radius 1 is 1.04 bits per heavy atom. The minimum atomic E-state index is -0.171. The number of hydrogen-bond donors (Lipinski definition) is 1. The highest BCUT2D eigenvalue weighted by molar-refractivity contribution is 6.00. The molecule has 2 aromatic carbocycles. The van der Waals surface area contributed by atoms with Crippen LogP contribution in [0.2, 0.25) is 0 Å². The zero-order chi connectivity index (χ0) is 17.1. The molecule has 0 unspecified atom stereocenters. The lowest BCUT2D eigenvalue weighted by atomic mass is 10.2. The van der Waals surface area contributed by atoms with Crippen molar-refractivity contribution in [2.24, 2.45) is 0 Å². The molecule has 5 heteroatoms. The number of hydrogen-bond acceptors (Lipinski definition) is 3. The Hall–Kier alpha value is -2.82. The number of fused-ring (bicyclic) bond motifs is 2. The molecule has 3 aromatic rings. The van der Waals surface area contributed by atoms with Crippen LogP contribution in [-0.4, -0.2) is 16.7 Å². The summed E-state index contributed by atoms with van der Waals surface area (Å²) in [5.74, 6) is -0.160. The molecule has 5 nitrogen and oxygen atoms in total. The third-order valence-electron chi connectivity index (χ3n) is 4.00. The molecule has 24 heavy (non-hydrogen) atoms. The van der Waals surface area contributed by atoms with Crippen LogP contribution < -0.4 is 9.88 Å². The van der Waals surface area contributed by atoms with Gasteiger partial charge in [0.25, 0.3) is 0 Å². The van der Waals surface area contributed by atoms with Gasteiger partial charge in [-0.2, -0.15) is 4.57 Å². The maximum absolute atomic E-state index is 12.1. The van der Waals surface area contributed by atoms with E-state index in [0.29, 0.717) is 5.69 Å². The van der Waals surface area contributed by atoms with Gasteiger partial charge in [0.15, 0.2) is 5.52 Å². The zero-order valence-electron chi connectivity index (χ0n) is 13.9. The van der Waals surface area contributed by atoms with Gasteiger partial charge in [-0.05, 0) is 26.0 Å². The van der Waals surface area contributed by atoms with E-state index in [1.165, 1.54) is 6.92 Å². The van der Waals surface area contributed by atoms with Gasteiger partial charge >= 0.3 is 0 Å². The molecule has 0 saturated carbocycles. The van der Waals surface area contributed by atoms with Gasteiger partial charge in [-0.15, -0.1) is 0 Å². The molecule has 0 bridgehead atoms. The van der Waals surface area contributed by atoms with Crippen LogP contribution in [0.3, 0.4) is 0 Å². The van der Waals surface area contributed by atoms with Crippen LogP contribution in [0.5, 0.6) is 0 Å². The van der Waals surface area contributed by atoms with Crippen LogP contribution in [-0.2, 0) is 16.1 Å². The Morgan fingerprint density at radius 3 is 2.54 bits per heavy atom. The number of anilines is 1. The lowest BCUT2D eigenvalue weighted by molar-refractivity contribution is -0.641. The molecule has 0 fully saturated rings. The largest absolute Gasteiger partial charge is 0.324 e. The molecule has 0 aliphatic rings. The van der Waals surface area contributed by atoms with Gasteiger partial charge in [-0.25, -0.2) is 4.98 Å². The molecule has 122 valence electrons. The Morgan fingerprint density at radius 2 is 1.79 bits per heavy atom. The first-order valence-electron chi connectivity index (χ1n) is 8.10. The summed E-state index contributed by atoms with van der Waals surface area (Å²) in [6, 6.07) is 13.7. The van der Waals surface area contributed by atoms with Crippen LogP contribution >= 0.6 is 0 Å². The number of para-hydroxylation sites is 3. The Kier molecular flexibility index (Phi) is 4.51. The number of ketones is 1. The van der Waals surface area contributed by atoms with Crippen LogP contribution in [0.1, 0.15) is 26.7 Å². The monoisotopic (exact) mass is 322 g/mol. The second-order valence-electron chi connectivity index (χ2n) is 5.77. The number of nitrogens with zero attached hydrogens (tertiary/aromatic N) is 2. The highest BCUT2D eigenvalue weighted by Crippen LogP contribution is 2.22. The molecule has 1 heterocycles. The van der Waals surface area contributed by atoms with Gasteiger partial charge in [-0.1, -0.05) is 18.2 Å². The number of carbonyl (C=O) groups excluding carboxylic acids is 2. The quantitative estimate of drug-likeness (QED) is 0.580. The van der Waals surface area contributed by atoms with Crippen molar-refractivity contribution in [1.82, 2.24) is 4.98 Å². The minimum Gasteiger partial charge on any atom is -0.324 e. The van der Waals surface area contributed by atoms with Crippen molar-refractivity contribution in [3.63, 3.8) is 0 Å². The Balaban J connectivity index is 2.08. The van der Waals surface area contributed by atoms with Crippen molar-refractivity contribution in [1.29, 1.82) is 0 Å². The second-order valence-corrected chi connectivity index (χ2v) is 5.77. The van der Waals surface area contributed by atoms with Crippen LogP contribution in [0, 0.1) is 0 Å². The first-order chi connectivity index (χ1) is 11.6. The molecule has 0 aliphatic heterocycles. The highest BCUT2D eigenvalue weighted by atomic mass is 16.2. The van der Waals surface area contributed by atoms with Crippen LogP contribution in [0.4, 0.5) is 5.69 Å². The number of aromatic nitrogens is 2. The van der Waals surface area contributed by atoms with Crippen molar-refractivity contribution < 1.29 is 14.2 Å². The molecular weight excluding hydrogens is 302 g/mol. The number of rotatable bonds is 5. The van der Waals surface area contributed by atoms with E-state index in [9.17, 15) is 9.59 Å². The Labute approximate surface area is 140 Å². The molecule has 0 saturated heterocycles. The summed E-state index contributed by atoms with van der Waals surface area (Å²) in [5.41, 5.74) is 4.36. The van der Waals surface area contributed by atoms with E-state index in [2.05, 4.69) is 16.8 Å². The molecule has 1 N–H and O–H groups in total. The van der Waals surface area contributed by atoms with Gasteiger partial charge in [-0.3, -0.25) is 4.79 Å². The molecule has 0 aliphatic carbocycles. The molecule has 0 atom stereocenters. The molecule has 1 amide bonds. The average Bonchev–Trinajstić information content (AvgIpc) is 2.58. The number of Topliss-reactive ketones (excluding diaryl/α,β-unsaturated/α-hetero) is 1. The number of carbonyl (C=O) groups is 2. The normalized spacial score (nSPS) is 10.9. The fraction of sp³-hybridized carbons (Fsp3) is 0.263. The summed E-state index contributed by atoms with van der Waals surface area (Å²) < 4.78 is 2.18. The predicted molar refractivity (Wildman–Crippen MR) is 93.7 cm³/mol. The third kappa shape index (κ3) is 3.11. The standard InChI is InChI=1S/C19H19N3O2/c1-3-22-16-9-5-4-7-14(16)21-19-15(8-6-10-17(19)22)20-18(24)12-11-13(2)23/h4-10H,3,11-12H2,1-2H3/p+1. The first kappa shape index (κ1) is 16.1. The van der Waals surface area contributed by atoms with E-state index >= 15 is 0 Å². The van der Waals surface area contributed by atoms with Crippen molar-refractivity contribution in [2.45, 2.75) is 33.2 Å². The number of aryl methyl sites for hydroxylation is 1. The van der Waals surface area contributed by atoms with E-state index in [4.69, 9.17) is 4.98 Å². The van der Waals surface area contributed by atoms with Crippen LogP contribution in [0.25, 0.3) is 22.1 Å². The topological polar surface area (TPSA) is 62.9 Å². The van der Waals surface area contributed by atoms with Crippen molar-refractivity contribution in [2.75, 3.05) is 5.32 Å². The maximum Gasteiger partial charge on any atom is 0.233 e. The number of benzene rings is 2. The summed E-state index contributed by atoms with van der Waals surface area (Å²) >= 11 is 0. The van der Waals surface area contributed by atoms with Crippen LogP contribution in [0.15, 0.2) is 42.5 Å². The maximum atomic E-state index is 12.1. The van der Waals surface area contributed by atoms with Gasteiger partial charge in [0.1, 0.15) is 17.8 Å². The van der Waals surface area contributed by atoms with E-state index in [1.807, 2.05) is 42.5 Å². The molecule has 3 rings (SSSR count). The van der Waals surface area contributed by atoms with Crippen molar-refractivity contribution in [3.05, 3.63) is 42.5 Å². The van der Waals surface area contributed by atoms with Gasteiger partial charge in [0.05, 0.1) is 5.69 Å². The fourth-order valence-corrected chi connectivity index (χ4v) is 2.85. The molecular formula is C19H20N3O2+. The van der Waals surface area contributed by atoms with E-state index < -0.39 is 0 Å². The average molecular weight is 322 g/mol. The zero-order valence-corrected chi connectivity index (χ0v) is 13.9. The second kappa shape index (κ2) is 6.74. The summed E-state index contributed by atoms with van der Waals surface area (Å²) in [6.07, 6.45) is 0.439. The van der Waals surface area contributed by atoms with E-state index in [-0.39, 0.29) is 24.5 Å². The van der Waals surface area contributed by atoms with Crippen molar-refractivity contribution in [3.8, 4) is 0 Å². The predicted octanol–water partition coefficient (Wildman–Crippen LogP) is 3.00. The SMILES string of the molecule is CC[n+]1c2ccccc2nc2c(NC(=O)CCC(C)=O)cccc21. The Bertz CT molecular complexity index is 934. The summed E-state index contributed by atoms with van der Waals surface area (Å²) in [5, 5.41) is 2.89. The lowest BCUT2D eigenvalue weighted by Gasteiger charge is -2.09. The fourth-order valence-electron chi connectivity index (χ4n) is 2.85. The minimum absolute atomic E-state index is 0.0102. The first-order valence-corrected chi connectivity index (χ1v) is 8.10. The smallest absolute Gasteiger partial charge is 0.233 e. The van der Waals surface area contributed by atoms with Gasteiger partial charge < -0.3 is 10.1 Å². The third-order valence-corrected chi connectivity index (χ3v) is 4.00. The van der Waals surface area contributed by atoms with Gasteiger partial charge in [0, 0.05) is 25.0 Å². The summed E-state index contributed by atoms with van der Waals surface area (Å²) in [7, 11) is 0. The van der Waals surface area contributed by atoms with Crippen molar-refractivity contribution >= 4 is 39.4 Å².